The maximum atomic E-state index is 10.8. The second-order valence-corrected chi connectivity index (χ2v) is 5.79. The fourth-order valence-corrected chi connectivity index (χ4v) is 2.67. The third-order valence-corrected chi connectivity index (χ3v) is 3.96. The first-order valence-corrected chi connectivity index (χ1v) is 7.63. The summed E-state index contributed by atoms with van der Waals surface area (Å²) in [4.78, 5) is 10.4. The Morgan fingerprint density at radius 1 is 1.14 bits per heavy atom. The fourth-order valence-electron chi connectivity index (χ4n) is 1.96. The summed E-state index contributed by atoms with van der Waals surface area (Å²) >= 11 is 1.98. The van der Waals surface area contributed by atoms with Crippen molar-refractivity contribution in [1.82, 2.24) is 0 Å². The van der Waals surface area contributed by atoms with Gasteiger partial charge in [-0.05, 0) is 58.8 Å². The first-order valence-electron chi connectivity index (χ1n) is 6.56. The van der Waals surface area contributed by atoms with Crippen LogP contribution in [0.1, 0.15) is 11.1 Å². The smallest absolute Gasteiger partial charge is 0.282 e. The molecule has 110 valence electrons. The Bertz CT molecular complexity index is 629. The number of nitro groups is 1. The van der Waals surface area contributed by atoms with Crippen molar-refractivity contribution in [2.75, 3.05) is 11.9 Å². The Balaban J connectivity index is 1.99. The van der Waals surface area contributed by atoms with E-state index in [-0.39, 0.29) is 10.6 Å². The molecule has 21 heavy (non-hydrogen) atoms. The van der Waals surface area contributed by atoms with Gasteiger partial charge in [-0.25, -0.2) is 0 Å². The summed E-state index contributed by atoms with van der Waals surface area (Å²) in [5.74, 6) is 0. The summed E-state index contributed by atoms with van der Waals surface area (Å²) < 4.78 is 0.626. The molecule has 2 rings (SSSR count). The zero-order valence-corrected chi connectivity index (χ0v) is 13.5. The van der Waals surface area contributed by atoms with Crippen LogP contribution in [-0.4, -0.2) is 11.5 Å². The standard InChI is InChI=1S/C15H16IN3O2/c16-14-9-13(5-6-15(14)19(20)21)18-10-12-3-1-11(2-4-12)7-8-17/h1-6,9,18H,7-8,10,17H2. The van der Waals surface area contributed by atoms with E-state index in [0.29, 0.717) is 16.7 Å². The van der Waals surface area contributed by atoms with E-state index >= 15 is 0 Å². The normalized spacial score (nSPS) is 10.4. The van der Waals surface area contributed by atoms with E-state index in [1.54, 1.807) is 12.1 Å². The van der Waals surface area contributed by atoms with E-state index in [9.17, 15) is 10.1 Å². The molecular weight excluding hydrogens is 381 g/mol. The van der Waals surface area contributed by atoms with Crippen LogP contribution in [0.2, 0.25) is 0 Å². The summed E-state index contributed by atoms with van der Waals surface area (Å²) in [6, 6.07) is 13.3. The number of nitrogens with two attached hydrogens (primary N) is 1. The Labute approximate surface area is 136 Å². The zero-order valence-electron chi connectivity index (χ0n) is 11.4. The number of nitrogens with one attached hydrogen (secondary N) is 1. The number of nitrogens with zero attached hydrogens (tertiary/aromatic N) is 1. The minimum Gasteiger partial charge on any atom is -0.381 e. The number of hydrogen-bond donors (Lipinski definition) is 2. The second kappa shape index (κ2) is 7.37. The van der Waals surface area contributed by atoms with Gasteiger partial charge in [-0.2, -0.15) is 0 Å². The van der Waals surface area contributed by atoms with E-state index in [0.717, 1.165) is 17.7 Å². The monoisotopic (exact) mass is 397 g/mol. The number of hydrogen-bond acceptors (Lipinski definition) is 4. The molecule has 0 heterocycles. The van der Waals surface area contributed by atoms with Gasteiger partial charge >= 0.3 is 0 Å². The van der Waals surface area contributed by atoms with Gasteiger partial charge in [0.05, 0.1) is 8.49 Å². The van der Waals surface area contributed by atoms with Crippen LogP contribution in [0.25, 0.3) is 0 Å². The maximum Gasteiger partial charge on any atom is 0.282 e. The number of nitro benzene ring substituents is 1. The van der Waals surface area contributed by atoms with Gasteiger partial charge in [0.15, 0.2) is 0 Å². The molecule has 2 aromatic rings. The molecule has 0 aromatic heterocycles. The molecule has 5 nitrogen and oxygen atoms in total. The number of benzene rings is 2. The Morgan fingerprint density at radius 2 is 1.81 bits per heavy atom. The van der Waals surface area contributed by atoms with Crippen molar-refractivity contribution in [3.05, 3.63) is 67.3 Å². The Hall–Kier alpha value is -1.67. The average Bonchev–Trinajstić information content (AvgIpc) is 2.46. The number of rotatable bonds is 6. The van der Waals surface area contributed by atoms with Crippen molar-refractivity contribution in [1.29, 1.82) is 0 Å². The lowest BCUT2D eigenvalue weighted by Crippen LogP contribution is -2.03. The van der Waals surface area contributed by atoms with E-state index in [1.165, 1.54) is 11.6 Å². The third kappa shape index (κ3) is 4.40. The first-order chi connectivity index (χ1) is 10.1. The molecule has 0 unspecified atom stereocenters. The highest BCUT2D eigenvalue weighted by Crippen LogP contribution is 2.24. The van der Waals surface area contributed by atoms with Gasteiger partial charge in [0, 0.05) is 18.3 Å². The van der Waals surface area contributed by atoms with Crippen molar-refractivity contribution < 1.29 is 4.92 Å². The summed E-state index contributed by atoms with van der Waals surface area (Å²) in [5, 5.41) is 14.0. The quantitative estimate of drug-likeness (QED) is 0.445. The van der Waals surface area contributed by atoms with Gasteiger partial charge in [0.2, 0.25) is 0 Å². The maximum absolute atomic E-state index is 10.8. The van der Waals surface area contributed by atoms with Crippen LogP contribution in [0, 0.1) is 13.7 Å². The third-order valence-electron chi connectivity index (χ3n) is 3.10. The lowest BCUT2D eigenvalue weighted by Gasteiger charge is -2.08. The van der Waals surface area contributed by atoms with Crippen molar-refractivity contribution in [2.24, 2.45) is 5.73 Å². The number of halogens is 1. The van der Waals surface area contributed by atoms with Crippen molar-refractivity contribution >= 4 is 34.0 Å². The van der Waals surface area contributed by atoms with E-state index in [4.69, 9.17) is 5.73 Å². The summed E-state index contributed by atoms with van der Waals surface area (Å²) in [5.41, 5.74) is 8.91. The van der Waals surface area contributed by atoms with Gasteiger partial charge in [0.25, 0.3) is 5.69 Å². The SMILES string of the molecule is NCCc1ccc(CNc2ccc([N+](=O)[O-])c(I)c2)cc1. The molecule has 0 atom stereocenters. The molecular formula is C15H16IN3O2. The minimum absolute atomic E-state index is 0.132. The van der Waals surface area contributed by atoms with E-state index in [1.807, 2.05) is 22.6 Å². The molecule has 0 fully saturated rings. The van der Waals surface area contributed by atoms with Crippen LogP contribution in [-0.2, 0) is 13.0 Å². The van der Waals surface area contributed by atoms with Crippen molar-refractivity contribution in [2.45, 2.75) is 13.0 Å². The molecule has 0 radical (unpaired) electrons. The van der Waals surface area contributed by atoms with E-state index < -0.39 is 0 Å². The van der Waals surface area contributed by atoms with Crippen LogP contribution >= 0.6 is 22.6 Å². The molecule has 0 aliphatic carbocycles. The zero-order chi connectivity index (χ0) is 15.2. The lowest BCUT2D eigenvalue weighted by atomic mass is 10.1. The molecule has 0 aliphatic rings. The van der Waals surface area contributed by atoms with Gasteiger partial charge < -0.3 is 11.1 Å². The summed E-state index contributed by atoms with van der Waals surface area (Å²) in [7, 11) is 0. The van der Waals surface area contributed by atoms with Crippen LogP contribution in [0.3, 0.4) is 0 Å². The molecule has 6 heteroatoms. The largest absolute Gasteiger partial charge is 0.381 e. The second-order valence-electron chi connectivity index (χ2n) is 4.63. The molecule has 0 saturated heterocycles. The van der Waals surface area contributed by atoms with Crippen LogP contribution in [0.5, 0.6) is 0 Å². The highest BCUT2D eigenvalue weighted by atomic mass is 127. The van der Waals surface area contributed by atoms with Gasteiger partial charge in [0.1, 0.15) is 0 Å². The molecule has 0 aliphatic heterocycles. The molecule has 2 aromatic carbocycles. The highest BCUT2D eigenvalue weighted by molar-refractivity contribution is 14.1. The molecule has 0 amide bonds. The summed E-state index contributed by atoms with van der Waals surface area (Å²) in [6.07, 6.45) is 0.883. The van der Waals surface area contributed by atoms with Gasteiger partial charge in [-0.3, -0.25) is 10.1 Å². The minimum atomic E-state index is -0.373. The van der Waals surface area contributed by atoms with Gasteiger partial charge in [-0.15, -0.1) is 0 Å². The topological polar surface area (TPSA) is 81.2 Å². The predicted molar refractivity (Wildman–Crippen MR) is 92.3 cm³/mol. The first kappa shape index (κ1) is 15.7. The number of anilines is 1. The molecule has 0 spiro atoms. The van der Waals surface area contributed by atoms with Crippen molar-refractivity contribution in [3.63, 3.8) is 0 Å². The Morgan fingerprint density at radius 3 is 2.38 bits per heavy atom. The lowest BCUT2D eigenvalue weighted by molar-refractivity contribution is -0.385. The van der Waals surface area contributed by atoms with Crippen LogP contribution in [0.4, 0.5) is 11.4 Å². The molecule has 3 N–H and O–H groups in total. The molecule has 0 bridgehead atoms. The Kier molecular flexibility index (Phi) is 5.51. The van der Waals surface area contributed by atoms with E-state index in [2.05, 4.69) is 29.6 Å². The predicted octanol–water partition coefficient (Wildman–Crippen LogP) is 3.31. The van der Waals surface area contributed by atoms with Gasteiger partial charge in [-0.1, -0.05) is 24.3 Å². The summed E-state index contributed by atoms with van der Waals surface area (Å²) in [6.45, 7) is 1.33. The molecule has 0 saturated carbocycles. The van der Waals surface area contributed by atoms with Crippen molar-refractivity contribution in [3.8, 4) is 0 Å². The fraction of sp³-hybridized carbons (Fsp3) is 0.200. The highest BCUT2D eigenvalue weighted by Gasteiger charge is 2.11. The van der Waals surface area contributed by atoms with Crippen LogP contribution in [0.15, 0.2) is 42.5 Å². The van der Waals surface area contributed by atoms with Crippen LogP contribution < -0.4 is 11.1 Å². The average molecular weight is 397 g/mol.